The molecule has 0 saturated carbocycles. The summed E-state index contributed by atoms with van der Waals surface area (Å²) in [6.07, 6.45) is -8.86. The van der Waals surface area contributed by atoms with Crippen molar-refractivity contribution < 1.29 is 57.9 Å². The molecule has 25 heavy (non-hydrogen) atoms. The Labute approximate surface area is 131 Å². The first-order valence-electron chi connectivity index (χ1n) is 6.13. The predicted molar refractivity (Wildman–Crippen MR) is 57.7 cm³/mol. The Morgan fingerprint density at radius 1 is 0.760 bits per heavy atom. The molecule has 0 radical (unpaired) electrons. The molecule has 0 aromatic carbocycles. The zero-order chi connectivity index (χ0) is 20.3. The summed E-state index contributed by atoms with van der Waals surface area (Å²) in [4.78, 5) is 23.5. The van der Waals surface area contributed by atoms with Crippen molar-refractivity contribution in [3.05, 3.63) is 0 Å². The topological polar surface area (TPSA) is 46.5 Å². The molecule has 0 N–H and O–H groups in total. The minimum atomic E-state index is -7.60. The van der Waals surface area contributed by atoms with E-state index < -0.39 is 48.5 Å². The van der Waals surface area contributed by atoms with E-state index >= 15 is 0 Å². The van der Waals surface area contributed by atoms with Gasteiger partial charge in [0.05, 0.1) is 6.54 Å². The van der Waals surface area contributed by atoms with E-state index in [-0.39, 0.29) is 13.0 Å². The number of ketones is 1. The molecule has 0 aliphatic carbocycles. The monoisotopic (exact) mass is 395 g/mol. The van der Waals surface area contributed by atoms with Gasteiger partial charge in [0.15, 0.2) is 0 Å². The molecule has 0 amide bonds. The van der Waals surface area contributed by atoms with Gasteiger partial charge in [0.2, 0.25) is 11.9 Å². The number of isocyanates is 1. The van der Waals surface area contributed by atoms with Crippen molar-refractivity contribution in [2.45, 2.75) is 49.1 Å². The lowest BCUT2D eigenvalue weighted by molar-refractivity contribution is -0.416. The Kier molecular flexibility index (Phi) is 6.76. The van der Waals surface area contributed by atoms with Gasteiger partial charge in [-0.3, -0.25) is 4.79 Å². The lowest BCUT2D eigenvalue weighted by atomic mass is 9.93. The molecule has 0 bridgehead atoms. The summed E-state index contributed by atoms with van der Waals surface area (Å²) in [6, 6.07) is 0. The van der Waals surface area contributed by atoms with Crippen LogP contribution >= 0.6 is 0 Å². The molecule has 0 aliphatic heterocycles. The number of alkyl halides is 11. The molecular formula is C11H8F11NO2. The van der Waals surface area contributed by atoms with Crippen molar-refractivity contribution in [1.29, 1.82) is 0 Å². The number of carbonyl (C=O) groups is 1. The fourth-order valence-electron chi connectivity index (χ4n) is 1.43. The fraction of sp³-hybridized carbons (Fsp3) is 0.818. The minimum Gasteiger partial charge on any atom is -0.293 e. The van der Waals surface area contributed by atoms with E-state index in [0.717, 1.165) is 6.08 Å². The van der Waals surface area contributed by atoms with Crippen molar-refractivity contribution >= 4 is 11.9 Å². The Morgan fingerprint density at radius 3 is 1.64 bits per heavy atom. The second kappa shape index (κ2) is 7.26. The SMILES string of the molecule is O=C=NCCCCC(=O)C(F)(F)C(F)(F)C(F)(F)C(F)(F)C(F)(F)F. The zero-order valence-electron chi connectivity index (χ0n) is 11.7. The third-order valence-corrected chi connectivity index (χ3v) is 2.88. The molecule has 146 valence electrons. The third-order valence-electron chi connectivity index (χ3n) is 2.88. The molecule has 3 nitrogen and oxygen atoms in total. The maximum atomic E-state index is 13.2. The molecular weight excluding hydrogens is 387 g/mol. The number of hydrogen-bond acceptors (Lipinski definition) is 3. The Balaban J connectivity index is 5.51. The number of Topliss-reactive ketones (excluding diaryl/α,β-unsaturated/α-hetero) is 1. The van der Waals surface area contributed by atoms with Crippen molar-refractivity contribution in [3.8, 4) is 0 Å². The number of hydrogen-bond donors (Lipinski definition) is 0. The van der Waals surface area contributed by atoms with Crippen LogP contribution in [-0.4, -0.2) is 48.3 Å². The van der Waals surface area contributed by atoms with Crippen LogP contribution in [0, 0.1) is 0 Å². The highest BCUT2D eigenvalue weighted by Gasteiger charge is 2.88. The summed E-state index contributed by atoms with van der Waals surface area (Å²) in [5.74, 6) is -31.9. The summed E-state index contributed by atoms with van der Waals surface area (Å²) in [6.45, 7) is -0.388. The largest absolute Gasteiger partial charge is 0.460 e. The summed E-state index contributed by atoms with van der Waals surface area (Å²) in [7, 11) is 0. The molecule has 0 rings (SSSR count). The van der Waals surface area contributed by atoms with Gasteiger partial charge < -0.3 is 0 Å². The van der Waals surface area contributed by atoms with Crippen LogP contribution in [-0.2, 0) is 9.59 Å². The van der Waals surface area contributed by atoms with E-state index in [9.17, 15) is 57.9 Å². The first kappa shape index (κ1) is 23.3. The molecule has 0 spiro atoms. The van der Waals surface area contributed by atoms with Gasteiger partial charge in [-0.15, -0.1) is 0 Å². The van der Waals surface area contributed by atoms with Gasteiger partial charge >= 0.3 is 29.9 Å². The molecule has 0 aromatic rings. The second-order valence-electron chi connectivity index (χ2n) is 4.65. The van der Waals surface area contributed by atoms with Crippen LogP contribution in [0.4, 0.5) is 48.3 Å². The molecule has 0 unspecified atom stereocenters. The maximum absolute atomic E-state index is 13.2. The lowest BCUT2D eigenvalue weighted by Gasteiger charge is -2.36. The van der Waals surface area contributed by atoms with Gasteiger partial charge in [0.25, 0.3) is 0 Å². The Bertz CT molecular complexity index is 535. The quantitative estimate of drug-likeness (QED) is 0.255. The molecule has 0 heterocycles. The summed E-state index contributed by atoms with van der Waals surface area (Å²) < 4.78 is 139. The van der Waals surface area contributed by atoms with Crippen LogP contribution in [0.25, 0.3) is 0 Å². The van der Waals surface area contributed by atoms with Crippen LogP contribution in [0.3, 0.4) is 0 Å². The normalized spacial score (nSPS) is 14.2. The molecule has 14 heteroatoms. The van der Waals surface area contributed by atoms with E-state index in [4.69, 9.17) is 0 Å². The number of unbranched alkanes of at least 4 members (excludes halogenated alkanes) is 1. The summed E-state index contributed by atoms with van der Waals surface area (Å²) >= 11 is 0. The van der Waals surface area contributed by atoms with Crippen molar-refractivity contribution in [3.63, 3.8) is 0 Å². The van der Waals surface area contributed by atoms with Crippen molar-refractivity contribution in [2.24, 2.45) is 4.99 Å². The van der Waals surface area contributed by atoms with E-state index in [1.165, 1.54) is 0 Å². The molecule has 0 saturated heterocycles. The van der Waals surface area contributed by atoms with Gasteiger partial charge in [-0.05, 0) is 12.8 Å². The summed E-state index contributed by atoms with van der Waals surface area (Å²) in [5.41, 5.74) is 0. The molecule has 0 atom stereocenters. The Morgan fingerprint density at radius 2 is 1.24 bits per heavy atom. The molecule has 0 fully saturated rings. The fourth-order valence-corrected chi connectivity index (χ4v) is 1.43. The van der Waals surface area contributed by atoms with Gasteiger partial charge in [0, 0.05) is 6.42 Å². The average molecular weight is 395 g/mol. The number of carbonyl (C=O) groups excluding carboxylic acids is 2. The zero-order valence-corrected chi connectivity index (χ0v) is 11.7. The van der Waals surface area contributed by atoms with Gasteiger partial charge in [-0.1, -0.05) is 0 Å². The Hall–Kier alpha value is -1.72. The lowest BCUT2D eigenvalue weighted by Crippen LogP contribution is -2.68. The first-order valence-corrected chi connectivity index (χ1v) is 6.13. The smallest absolute Gasteiger partial charge is 0.293 e. The minimum absolute atomic E-state index is 0.336. The summed E-state index contributed by atoms with van der Waals surface area (Å²) in [5, 5.41) is 0. The number of halogens is 11. The van der Waals surface area contributed by atoms with Crippen LogP contribution in [0.2, 0.25) is 0 Å². The van der Waals surface area contributed by atoms with E-state index in [2.05, 4.69) is 4.99 Å². The highest BCUT2D eigenvalue weighted by molar-refractivity contribution is 5.87. The highest BCUT2D eigenvalue weighted by Crippen LogP contribution is 2.57. The third kappa shape index (κ3) is 4.10. The van der Waals surface area contributed by atoms with Gasteiger partial charge in [-0.25, -0.2) is 9.79 Å². The van der Waals surface area contributed by atoms with E-state index in [1.54, 1.807) is 0 Å². The van der Waals surface area contributed by atoms with Crippen LogP contribution in [0.15, 0.2) is 4.99 Å². The highest BCUT2D eigenvalue weighted by atomic mass is 19.4. The standard InChI is InChI=1S/C11H8F11NO2/c12-7(13,6(25)3-1-2-4-23-5-24)8(14,15)9(16,17)10(18,19)11(20,21)22/h1-4H2. The predicted octanol–water partition coefficient (Wildman–Crippen LogP) is 4.17. The first-order chi connectivity index (χ1) is 11.0. The number of aliphatic imine (C=N–C) groups is 1. The van der Waals surface area contributed by atoms with E-state index in [1.807, 2.05) is 0 Å². The van der Waals surface area contributed by atoms with Gasteiger partial charge in [0.1, 0.15) is 0 Å². The van der Waals surface area contributed by atoms with Crippen LogP contribution in [0.5, 0.6) is 0 Å². The molecule has 0 aliphatic rings. The average Bonchev–Trinajstić information content (AvgIpc) is 2.44. The van der Waals surface area contributed by atoms with Crippen LogP contribution < -0.4 is 0 Å². The number of rotatable bonds is 9. The molecule has 0 aromatic heterocycles. The van der Waals surface area contributed by atoms with E-state index in [0.29, 0.717) is 0 Å². The van der Waals surface area contributed by atoms with Crippen molar-refractivity contribution in [1.82, 2.24) is 0 Å². The van der Waals surface area contributed by atoms with Crippen molar-refractivity contribution in [2.75, 3.05) is 6.54 Å². The maximum Gasteiger partial charge on any atom is 0.460 e. The second-order valence-corrected chi connectivity index (χ2v) is 4.65. The van der Waals surface area contributed by atoms with Gasteiger partial charge in [-0.2, -0.15) is 48.3 Å². The number of nitrogens with zero attached hydrogens (tertiary/aromatic N) is 1. The van der Waals surface area contributed by atoms with Crippen LogP contribution in [0.1, 0.15) is 19.3 Å².